The summed E-state index contributed by atoms with van der Waals surface area (Å²) < 4.78 is 0. The van der Waals surface area contributed by atoms with E-state index in [2.05, 4.69) is 0 Å². The molecule has 0 fully saturated rings. The van der Waals surface area contributed by atoms with E-state index in [0.29, 0.717) is 0 Å². The monoisotopic (exact) mass is 198 g/mol. The maximum atomic E-state index is 7.37. The maximum absolute atomic E-state index is 7.37. The second-order valence-corrected chi connectivity index (χ2v) is 2.83. The molecular weight excluding hydrogens is 184 g/mol. The normalized spacial score (nSPS) is 11.5. The number of nitrogens with one attached hydrogen (secondary N) is 1. The summed E-state index contributed by atoms with van der Waals surface area (Å²) in [5.74, 6) is 0.342. The molecule has 0 saturated heterocycles. The summed E-state index contributed by atoms with van der Waals surface area (Å²) in [6.07, 6.45) is 0.888. The molecule has 0 aliphatic heterocycles. The molecule has 0 amide bonds. The molecule has 0 spiro atoms. The van der Waals surface area contributed by atoms with Gasteiger partial charge in [0.1, 0.15) is 0 Å². The lowest BCUT2D eigenvalue weighted by Crippen LogP contribution is -2.19. The molecule has 0 radical (unpaired) electrons. The van der Waals surface area contributed by atoms with E-state index in [0.717, 1.165) is 12.0 Å². The standard InChI is InChI=1S/C10H14N2.ClH/c1-2-9(10(11)12)8-6-4-3-5-7-8;/h3-7,9H,2H2,1H3,(H3,11,12);1H. The van der Waals surface area contributed by atoms with Crippen LogP contribution in [0.4, 0.5) is 0 Å². The summed E-state index contributed by atoms with van der Waals surface area (Å²) in [5, 5.41) is 7.37. The third kappa shape index (κ3) is 3.07. The average Bonchev–Trinajstić information content (AvgIpc) is 2.07. The summed E-state index contributed by atoms with van der Waals surface area (Å²) in [4.78, 5) is 0. The highest BCUT2D eigenvalue weighted by molar-refractivity contribution is 5.85. The summed E-state index contributed by atoms with van der Waals surface area (Å²) in [6, 6.07) is 9.93. The number of amidine groups is 1. The molecule has 3 heteroatoms. The lowest BCUT2D eigenvalue weighted by molar-refractivity contribution is 0.830. The highest BCUT2D eigenvalue weighted by Crippen LogP contribution is 2.17. The van der Waals surface area contributed by atoms with E-state index in [1.165, 1.54) is 0 Å². The number of rotatable bonds is 3. The topological polar surface area (TPSA) is 49.9 Å². The van der Waals surface area contributed by atoms with E-state index in [-0.39, 0.29) is 24.2 Å². The Balaban J connectivity index is 0.00000144. The van der Waals surface area contributed by atoms with Gasteiger partial charge in [0.2, 0.25) is 0 Å². The molecule has 1 atom stereocenters. The number of benzene rings is 1. The van der Waals surface area contributed by atoms with Crippen molar-refractivity contribution in [2.75, 3.05) is 0 Å². The van der Waals surface area contributed by atoms with Crippen molar-refractivity contribution >= 4 is 18.2 Å². The van der Waals surface area contributed by atoms with Crippen LogP contribution < -0.4 is 5.73 Å². The van der Waals surface area contributed by atoms with Crippen LogP contribution in [-0.2, 0) is 0 Å². The summed E-state index contributed by atoms with van der Waals surface area (Å²) in [5.41, 5.74) is 6.59. The fourth-order valence-electron chi connectivity index (χ4n) is 1.32. The Labute approximate surface area is 85.1 Å². The predicted molar refractivity (Wildman–Crippen MR) is 58.6 cm³/mol. The zero-order chi connectivity index (χ0) is 8.97. The van der Waals surface area contributed by atoms with Gasteiger partial charge in [-0.1, -0.05) is 37.3 Å². The Bertz CT molecular complexity index is 259. The van der Waals surface area contributed by atoms with E-state index in [1.54, 1.807) is 0 Å². The van der Waals surface area contributed by atoms with Gasteiger partial charge in [0.15, 0.2) is 0 Å². The lowest BCUT2D eigenvalue weighted by Gasteiger charge is -2.12. The Morgan fingerprint density at radius 1 is 1.38 bits per heavy atom. The van der Waals surface area contributed by atoms with Crippen LogP contribution in [0.3, 0.4) is 0 Å². The van der Waals surface area contributed by atoms with Gasteiger partial charge in [0.25, 0.3) is 0 Å². The number of halogens is 1. The van der Waals surface area contributed by atoms with Crippen molar-refractivity contribution < 1.29 is 0 Å². The van der Waals surface area contributed by atoms with Crippen LogP contribution in [0.1, 0.15) is 24.8 Å². The number of hydrogen-bond acceptors (Lipinski definition) is 1. The molecule has 1 unspecified atom stereocenters. The van der Waals surface area contributed by atoms with Gasteiger partial charge in [-0.3, -0.25) is 5.41 Å². The molecular formula is C10H15ClN2. The zero-order valence-corrected chi connectivity index (χ0v) is 8.47. The SMILES string of the molecule is CCC(C(=N)N)c1ccccc1.Cl. The Morgan fingerprint density at radius 2 is 1.92 bits per heavy atom. The van der Waals surface area contributed by atoms with Crippen molar-refractivity contribution in [1.29, 1.82) is 5.41 Å². The van der Waals surface area contributed by atoms with E-state index in [1.807, 2.05) is 37.3 Å². The van der Waals surface area contributed by atoms with Gasteiger partial charge in [0, 0.05) is 5.92 Å². The largest absolute Gasteiger partial charge is 0.387 e. The van der Waals surface area contributed by atoms with Crippen molar-refractivity contribution in [2.45, 2.75) is 19.3 Å². The van der Waals surface area contributed by atoms with E-state index >= 15 is 0 Å². The minimum absolute atomic E-state index is 0. The number of nitrogens with two attached hydrogens (primary N) is 1. The Kier molecular flexibility index (Phi) is 5.16. The molecule has 0 saturated carbocycles. The molecule has 0 aromatic heterocycles. The Morgan fingerprint density at radius 3 is 2.31 bits per heavy atom. The first-order valence-corrected chi connectivity index (χ1v) is 4.14. The highest BCUT2D eigenvalue weighted by atomic mass is 35.5. The summed E-state index contributed by atoms with van der Waals surface area (Å²) >= 11 is 0. The molecule has 72 valence electrons. The molecule has 1 aromatic rings. The maximum Gasteiger partial charge on any atom is 0.0981 e. The van der Waals surface area contributed by atoms with Gasteiger partial charge in [-0.2, -0.15) is 0 Å². The molecule has 13 heavy (non-hydrogen) atoms. The molecule has 3 N–H and O–H groups in total. The first-order chi connectivity index (χ1) is 5.75. The van der Waals surface area contributed by atoms with Crippen LogP contribution in [0.5, 0.6) is 0 Å². The highest BCUT2D eigenvalue weighted by Gasteiger charge is 2.10. The molecule has 1 aromatic carbocycles. The molecule has 2 nitrogen and oxygen atoms in total. The van der Waals surface area contributed by atoms with Crippen molar-refractivity contribution in [2.24, 2.45) is 5.73 Å². The molecule has 1 rings (SSSR count). The minimum Gasteiger partial charge on any atom is -0.387 e. The zero-order valence-electron chi connectivity index (χ0n) is 7.66. The van der Waals surface area contributed by atoms with E-state index in [9.17, 15) is 0 Å². The van der Waals surface area contributed by atoms with Crippen LogP contribution in [0.15, 0.2) is 30.3 Å². The van der Waals surface area contributed by atoms with Crippen LogP contribution in [0, 0.1) is 5.41 Å². The smallest absolute Gasteiger partial charge is 0.0981 e. The van der Waals surface area contributed by atoms with Gasteiger partial charge >= 0.3 is 0 Å². The molecule has 0 heterocycles. The molecule has 0 aliphatic rings. The van der Waals surface area contributed by atoms with Gasteiger partial charge in [0.05, 0.1) is 5.84 Å². The van der Waals surface area contributed by atoms with E-state index < -0.39 is 0 Å². The average molecular weight is 199 g/mol. The second kappa shape index (κ2) is 5.60. The molecule has 0 bridgehead atoms. The Hall–Kier alpha value is -1.02. The number of hydrogen-bond donors (Lipinski definition) is 2. The predicted octanol–water partition coefficient (Wildman–Crippen LogP) is 2.54. The summed E-state index contributed by atoms with van der Waals surface area (Å²) in [7, 11) is 0. The first kappa shape index (κ1) is 12.0. The van der Waals surface area contributed by atoms with Gasteiger partial charge < -0.3 is 5.73 Å². The first-order valence-electron chi connectivity index (χ1n) is 4.14. The van der Waals surface area contributed by atoms with Crippen LogP contribution in [0.2, 0.25) is 0 Å². The minimum atomic E-state index is 0. The van der Waals surface area contributed by atoms with Crippen molar-refractivity contribution in [1.82, 2.24) is 0 Å². The van der Waals surface area contributed by atoms with Gasteiger partial charge in [-0.15, -0.1) is 12.4 Å². The van der Waals surface area contributed by atoms with Crippen molar-refractivity contribution in [3.8, 4) is 0 Å². The van der Waals surface area contributed by atoms with Gasteiger partial charge in [-0.05, 0) is 12.0 Å². The van der Waals surface area contributed by atoms with E-state index in [4.69, 9.17) is 11.1 Å². The lowest BCUT2D eigenvalue weighted by atomic mass is 9.96. The summed E-state index contributed by atoms with van der Waals surface area (Å²) in [6.45, 7) is 2.04. The third-order valence-electron chi connectivity index (χ3n) is 1.99. The second-order valence-electron chi connectivity index (χ2n) is 2.83. The van der Waals surface area contributed by atoms with Crippen molar-refractivity contribution in [3.63, 3.8) is 0 Å². The third-order valence-corrected chi connectivity index (χ3v) is 1.99. The van der Waals surface area contributed by atoms with Crippen molar-refractivity contribution in [3.05, 3.63) is 35.9 Å². The fraction of sp³-hybridized carbons (Fsp3) is 0.300. The van der Waals surface area contributed by atoms with Gasteiger partial charge in [-0.25, -0.2) is 0 Å². The fourth-order valence-corrected chi connectivity index (χ4v) is 1.32. The van der Waals surface area contributed by atoms with Crippen LogP contribution >= 0.6 is 12.4 Å². The van der Waals surface area contributed by atoms with Crippen LogP contribution in [-0.4, -0.2) is 5.84 Å². The molecule has 0 aliphatic carbocycles. The quantitative estimate of drug-likeness (QED) is 0.569. The van der Waals surface area contributed by atoms with Crippen LogP contribution in [0.25, 0.3) is 0 Å².